The third-order valence-electron chi connectivity index (χ3n) is 4.43. The molecule has 1 saturated heterocycles. The van der Waals surface area contributed by atoms with Crippen molar-refractivity contribution in [1.82, 2.24) is 19.4 Å². The highest BCUT2D eigenvalue weighted by Crippen LogP contribution is 2.31. The number of fused-ring (bicyclic) bond motifs is 1. The van der Waals surface area contributed by atoms with Crippen LogP contribution in [0.2, 0.25) is 0 Å². The van der Waals surface area contributed by atoms with Gasteiger partial charge in [0.1, 0.15) is 11.3 Å². The number of rotatable bonds is 3. The highest BCUT2D eigenvalue weighted by molar-refractivity contribution is 6.17. The largest absolute Gasteiger partial charge is 0.325 e. The standard InChI is InChI=1S/C15H21ClN4/c1-11-9-12(5-8-19(11)2)20-14-4-7-17-10-13(14)18-15(20)3-6-16/h4,7,10-12H,3,5-6,8-9H2,1-2H3. The lowest BCUT2D eigenvalue weighted by atomic mass is 9.98. The van der Waals surface area contributed by atoms with Crippen molar-refractivity contribution in [2.45, 2.75) is 38.3 Å². The first-order valence-electron chi connectivity index (χ1n) is 7.27. The number of likely N-dealkylation sites (tertiary alicyclic amines) is 1. The van der Waals surface area contributed by atoms with Gasteiger partial charge in [0.15, 0.2) is 0 Å². The molecule has 0 saturated carbocycles. The molecule has 1 aliphatic rings. The van der Waals surface area contributed by atoms with Crippen LogP contribution < -0.4 is 0 Å². The predicted octanol–water partition coefficient (Wildman–Crippen LogP) is 2.87. The fraction of sp³-hybridized carbons (Fsp3) is 0.600. The Bertz CT molecular complexity index is 595. The molecule has 0 aromatic carbocycles. The van der Waals surface area contributed by atoms with Crippen LogP contribution in [0.1, 0.15) is 31.6 Å². The monoisotopic (exact) mass is 292 g/mol. The number of nitrogens with zero attached hydrogens (tertiary/aromatic N) is 4. The molecule has 0 spiro atoms. The summed E-state index contributed by atoms with van der Waals surface area (Å²) in [5, 5.41) is 0. The Balaban J connectivity index is 2.02. The quantitative estimate of drug-likeness (QED) is 0.816. The first kappa shape index (κ1) is 13.8. The molecule has 1 fully saturated rings. The van der Waals surface area contributed by atoms with Crippen LogP contribution in [-0.4, -0.2) is 44.9 Å². The number of piperidine rings is 1. The maximum absolute atomic E-state index is 5.95. The molecule has 0 N–H and O–H groups in total. The molecule has 2 aromatic rings. The molecule has 20 heavy (non-hydrogen) atoms. The van der Waals surface area contributed by atoms with Crippen LogP contribution in [0.3, 0.4) is 0 Å². The highest BCUT2D eigenvalue weighted by atomic mass is 35.5. The Hall–Kier alpha value is -1.13. The first-order chi connectivity index (χ1) is 9.70. The van der Waals surface area contributed by atoms with Gasteiger partial charge in [0.25, 0.3) is 0 Å². The van der Waals surface area contributed by atoms with Gasteiger partial charge in [-0.2, -0.15) is 0 Å². The van der Waals surface area contributed by atoms with Crippen LogP contribution >= 0.6 is 11.6 Å². The number of hydrogen-bond donors (Lipinski definition) is 0. The van der Waals surface area contributed by atoms with E-state index in [0.717, 1.165) is 24.3 Å². The van der Waals surface area contributed by atoms with Gasteiger partial charge in [-0.05, 0) is 32.9 Å². The van der Waals surface area contributed by atoms with E-state index in [1.165, 1.54) is 18.4 Å². The van der Waals surface area contributed by atoms with Crippen LogP contribution in [0.4, 0.5) is 0 Å². The third-order valence-corrected chi connectivity index (χ3v) is 4.62. The Labute approximate surface area is 124 Å². The number of hydrogen-bond acceptors (Lipinski definition) is 3. The first-order valence-corrected chi connectivity index (χ1v) is 7.81. The molecule has 0 bridgehead atoms. The predicted molar refractivity (Wildman–Crippen MR) is 82.3 cm³/mol. The normalized spacial score (nSPS) is 24.4. The van der Waals surface area contributed by atoms with Crippen molar-refractivity contribution in [3.05, 3.63) is 24.3 Å². The summed E-state index contributed by atoms with van der Waals surface area (Å²) < 4.78 is 2.41. The summed E-state index contributed by atoms with van der Waals surface area (Å²) in [5.41, 5.74) is 2.18. The smallest absolute Gasteiger partial charge is 0.111 e. The minimum atomic E-state index is 0.520. The summed E-state index contributed by atoms with van der Waals surface area (Å²) in [6, 6.07) is 3.20. The molecule has 4 nitrogen and oxygen atoms in total. The van der Waals surface area contributed by atoms with Crippen molar-refractivity contribution in [3.63, 3.8) is 0 Å². The van der Waals surface area contributed by atoms with Crippen molar-refractivity contribution >= 4 is 22.6 Å². The zero-order chi connectivity index (χ0) is 14.1. The molecular formula is C15H21ClN4. The zero-order valence-corrected chi connectivity index (χ0v) is 12.8. The van der Waals surface area contributed by atoms with E-state index in [-0.39, 0.29) is 0 Å². The summed E-state index contributed by atoms with van der Waals surface area (Å²) in [6.07, 6.45) is 6.85. The molecule has 2 unspecified atom stereocenters. The fourth-order valence-electron chi connectivity index (χ4n) is 3.17. The summed E-state index contributed by atoms with van der Waals surface area (Å²) in [5.74, 6) is 1.71. The Morgan fingerprint density at radius 1 is 1.45 bits per heavy atom. The number of alkyl halides is 1. The van der Waals surface area contributed by atoms with Gasteiger partial charge in [-0.3, -0.25) is 4.98 Å². The van der Waals surface area contributed by atoms with Crippen molar-refractivity contribution in [2.24, 2.45) is 0 Å². The molecule has 0 aliphatic carbocycles. The van der Waals surface area contributed by atoms with E-state index in [0.29, 0.717) is 18.0 Å². The zero-order valence-electron chi connectivity index (χ0n) is 12.1. The van der Waals surface area contributed by atoms with E-state index in [4.69, 9.17) is 16.6 Å². The van der Waals surface area contributed by atoms with Gasteiger partial charge >= 0.3 is 0 Å². The Morgan fingerprint density at radius 3 is 3.05 bits per heavy atom. The van der Waals surface area contributed by atoms with Crippen molar-refractivity contribution in [3.8, 4) is 0 Å². The van der Waals surface area contributed by atoms with Crippen LogP contribution in [0.25, 0.3) is 11.0 Å². The number of pyridine rings is 1. The maximum atomic E-state index is 5.95. The molecule has 2 aromatic heterocycles. The van der Waals surface area contributed by atoms with Crippen LogP contribution in [0.5, 0.6) is 0 Å². The van der Waals surface area contributed by atoms with Gasteiger partial charge in [0.05, 0.1) is 11.7 Å². The van der Waals surface area contributed by atoms with E-state index >= 15 is 0 Å². The van der Waals surface area contributed by atoms with Gasteiger partial charge in [0.2, 0.25) is 0 Å². The number of aromatic nitrogens is 3. The van der Waals surface area contributed by atoms with E-state index < -0.39 is 0 Å². The summed E-state index contributed by atoms with van der Waals surface area (Å²) in [7, 11) is 2.20. The summed E-state index contributed by atoms with van der Waals surface area (Å²) in [6.45, 7) is 3.44. The van der Waals surface area contributed by atoms with Gasteiger partial charge in [-0.15, -0.1) is 11.6 Å². The second-order valence-electron chi connectivity index (χ2n) is 5.71. The molecule has 2 atom stereocenters. The minimum absolute atomic E-state index is 0.520. The molecule has 0 radical (unpaired) electrons. The lowest BCUT2D eigenvalue weighted by Crippen LogP contribution is -2.38. The van der Waals surface area contributed by atoms with E-state index in [2.05, 4.69) is 34.5 Å². The second kappa shape index (κ2) is 5.70. The molecular weight excluding hydrogens is 272 g/mol. The van der Waals surface area contributed by atoms with Crippen molar-refractivity contribution < 1.29 is 0 Å². The topological polar surface area (TPSA) is 34.0 Å². The van der Waals surface area contributed by atoms with Crippen molar-refractivity contribution in [1.29, 1.82) is 0 Å². The maximum Gasteiger partial charge on any atom is 0.111 e. The SMILES string of the molecule is CC1CC(n2c(CCCl)nc3cnccc32)CCN1C. The van der Waals surface area contributed by atoms with Crippen molar-refractivity contribution in [2.75, 3.05) is 19.5 Å². The molecule has 108 valence electrons. The minimum Gasteiger partial charge on any atom is -0.325 e. The Morgan fingerprint density at radius 2 is 2.30 bits per heavy atom. The number of imidazole rings is 1. The lowest BCUT2D eigenvalue weighted by molar-refractivity contribution is 0.157. The highest BCUT2D eigenvalue weighted by Gasteiger charge is 2.26. The molecule has 5 heteroatoms. The van der Waals surface area contributed by atoms with E-state index in [1.807, 2.05) is 12.4 Å². The Kier molecular flexibility index (Phi) is 3.94. The molecule has 3 rings (SSSR count). The number of aryl methyl sites for hydroxylation is 1. The lowest BCUT2D eigenvalue weighted by Gasteiger charge is -2.36. The van der Waals surface area contributed by atoms with Crippen LogP contribution in [0, 0.1) is 0 Å². The average Bonchev–Trinajstić information content (AvgIpc) is 2.80. The van der Waals surface area contributed by atoms with Gasteiger partial charge in [-0.25, -0.2) is 4.98 Å². The second-order valence-corrected chi connectivity index (χ2v) is 6.09. The summed E-state index contributed by atoms with van der Waals surface area (Å²) in [4.78, 5) is 11.3. The van der Waals surface area contributed by atoms with E-state index in [9.17, 15) is 0 Å². The van der Waals surface area contributed by atoms with Gasteiger partial charge in [0, 0.05) is 37.1 Å². The van der Waals surface area contributed by atoms with Gasteiger partial charge in [-0.1, -0.05) is 0 Å². The van der Waals surface area contributed by atoms with Gasteiger partial charge < -0.3 is 9.47 Å². The van der Waals surface area contributed by atoms with E-state index in [1.54, 1.807) is 0 Å². The fourth-order valence-corrected chi connectivity index (χ4v) is 3.34. The molecule has 0 amide bonds. The summed E-state index contributed by atoms with van der Waals surface area (Å²) >= 11 is 5.95. The molecule has 1 aliphatic heterocycles. The van der Waals surface area contributed by atoms with Crippen LogP contribution in [-0.2, 0) is 6.42 Å². The van der Waals surface area contributed by atoms with Crippen LogP contribution in [0.15, 0.2) is 18.5 Å². The average molecular weight is 293 g/mol. The molecule has 3 heterocycles. The third kappa shape index (κ3) is 2.42. The number of halogens is 1.